The van der Waals surface area contributed by atoms with Crippen molar-refractivity contribution in [3.8, 4) is 0 Å². The molecule has 2 unspecified atom stereocenters. The number of aromatic nitrogens is 1. The molecule has 15 heteroatoms. The summed E-state index contributed by atoms with van der Waals surface area (Å²) in [6, 6.07) is 5.98. The summed E-state index contributed by atoms with van der Waals surface area (Å²) in [6.45, 7) is 1.17. The highest BCUT2D eigenvalue weighted by molar-refractivity contribution is 7.12. The molecular formula is C32H37N5O9S. The van der Waals surface area contributed by atoms with E-state index < -0.39 is 66.2 Å². The van der Waals surface area contributed by atoms with E-state index in [-0.39, 0.29) is 42.7 Å². The van der Waals surface area contributed by atoms with E-state index in [1.54, 1.807) is 11.5 Å². The molecule has 1 aromatic carbocycles. The number of amides is 3. The number of rotatable bonds is 13. The predicted molar refractivity (Wildman–Crippen MR) is 166 cm³/mol. The molecule has 1 aromatic heterocycles. The predicted octanol–water partition coefficient (Wildman–Crippen LogP) is 0.911. The van der Waals surface area contributed by atoms with Crippen LogP contribution in [0.25, 0.3) is 0 Å². The highest BCUT2D eigenvalue weighted by Crippen LogP contribution is 2.33. The summed E-state index contributed by atoms with van der Waals surface area (Å²) in [5, 5.41) is 21.6. The minimum atomic E-state index is -1.52. The number of aliphatic hydroxyl groups excluding tert-OH is 1. The van der Waals surface area contributed by atoms with E-state index in [2.05, 4.69) is 20.9 Å². The zero-order chi connectivity index (χ0) is 32.9. The number of ketones is 2. The number of nitrogens with one attached hydrogen (secondary N) is 3. The molecule has 47 heavy (non-hydrogen) atoms. The van der Waals surface area contributed by atoms with E-state index in [0.717, 1.165) is 16.9 Å². The Morgan fingerprint density at radius 2 is 2.00 bits per heavy atom. The Kier molecular flexibility index (Phi) is 10.4. The van der Waals surface area contributed by atoms with Gasteiger partial charge in [0.25, 0.3) is 5.78 Å². The smallest absolute Gasteiger partial charge is 0.408 e. The molecule has 250 valence electrons. The van der Waals surface area contributed by atoms with Crippen LogP contribution >= 0.6 is 11.3 Å². The van der Waals surface area contributed by atoms with Crippen LogP contribution in [0.15, 0.2) is 54.2 Å². The van der Waals surface area contributed by atoms with Gasteiger partial charge in [0.05, 0.1) is 31.2 Å². The Hall–Kier alpha value is -4.02. The Bertz CT molecular complexity index is 1490. The van der Waals surface area contributed by atoms with Gasteiger partial charge in [-0.05, 0) is 37.7 Å². The van der Waals surface area contributed by atoms with Crippen molar-refractivity contribution in [2.75, 3.05) is 19.8 Å². The molecule has 8 atom stereocenters. The van der Waals surface area contributed by atoms with Gasteiger partial charge >= 0.3 is 6.09 Å². The molecule has 3 saturated heterocycles. The van der Waals surface area contributed by atoms with Gasteiger partial charge in [0, 0.05) is 30.2 Å². The first-order valence-electron chi connectivity index (χ1n) is 15.7. The van der Waals surface area contributed by atoms with Crippen LogP contribution in [0.4, 0.5) is 4.79 Å². The molecular weight excluding hydrogens is 630 g/mol. The molecule has 3 amide bonds. The number of ether oxygens (including phenoxy) is 3. The fourth-order valence-corrected chi connectivity index (χ4v) is 7.04. The largest absolute Gasteiger partial charge is 0.443 e. The Morgan fingerprint density at radius 3 is 2.74 bits per heavy atom. The second kappa shape index (κ2) is 14.8. The molecule has 5 heterocycles. The average Bonchev–Trinajstić information content (AvgIpc) is 3.89. The second-order valence-electron chi connectivity index (χ2n) is 12.0. The third-order valence-corrected chi connectivity index (χ3v) is 9.73. The Balaban J connectivity index is 1.19. The van der Waals surface area contributed by atoms with Crippen LogP contribution in [-0.4, -0.2) is 101 Å². The molecule has 6 rings (SSSR count). The number of carbonyl (C=O) groups is 5. The van der Waals surface area contributed by atoms with Gasteiger partial charge in [-0.15, -0.1) is 11.3 Å². The van der Waals surface area contributed by atoms with E-state index in [0.29, 0.717) is 26.0 Å². The van der Waals surface area contributed by atoms with Crippen molar-refractivity contribution in [2.45, 2.75) is 68.9 Å². The van der Waals surface area contributed by atoms with Crippen molar-refractivity contribution >= 4 is 40.8 Å². The van der Waals surface area contributed by atoms with Crippen molar-refractivity contribution in [1.82, 2.24) is 25.8 Å². The fraction of sp³-hybridized carbons (Fsp3) is 0.500. The van der Waals surface area contributed by atoms with Crippen LogP contribution in [-0.2, 0) is 35.0 Å². The van der Waals surface area contributed by atoms with E-state index in [1.165, 1.54) is 17.3 Å². The van der Waals surface area contributed by atoms with Crippen LogP contribution in [0.2, 0.25) is 0 Å². The molecule has 0 saturated carbocycles. The van der Waals surface area contributed by atoms with Gasteiger partial charge in [-0.1, -0.05) is 36.4 Å². The molecule has 0 radical (unpaired) electrons. The number of fused-ring (bicyclic) bond motifs is 1. The minimum absolute atomic E-state index is 0.00286. The highest BCUT2D eigenvalue weighted by atomic mass is 32.1. The topological polar surface area (TPSA) is 185 Å². The first-order chi connectivity index (χ1) is 22.8. The lowest BCUT2D eigenvalue weighted by atomic mass is 9.93. The number of benzene rings is 1. The van der Waals surface area contributed by atoms with Crippen LogP contribution in [0, 0.1) is 11.8 Å². The SMILES string of the molecule is O=C(NC1CC=CN([C@@H](Cc2ccccc2)C(O)N[C@@H](C[C@@H]2CCNC2=O)C(=O)C(=O)c2nccs2)C1=O)O[C@H]1CO[C@H]2OCC[C@H]21. The molecule has 4 N–H and O–H groups in total. The molecule has 3 fully saturated rings. The summed E-state index contributed by atoms with van der Waals surface area (Å²) in [5.41, 5.74) is 0.792. The number of hydrogen-bond acceptors (Lipinski definition) is 12. The Morgan fingerprint density at radius 1 is 1.17 bits per heavy atom. The molecule has 0 aliphatic carbocycles. The van der Waals surface area contributed by atoms with E-state index in [9.17, 15) is 29.1 Å². The average molecular weight is 668 g/mol. The summed E-state index contributed by atoms with van der Waals surface area (Å²) in [6.07, 6.45) is 2.98. The first-order valence-corrected chi connectivity index (χ1v) is 16.6. The highest BCUT2D eigenvalue weighted by Gasteiger charge is 2.45. The third kappa shape index (κ3) is 7.60. The van der Waals surface area contributed by atoms with Gasteiger partial charge < -0.3 is 34.9 Å². The second-order valence-corrected chi connectivity index (χ2v) is 12.9. The maximum Gasteiger partial charge on any atom is 0.408 e. The maximum absolute atomic E-state index is 13.9. The van der Waals surface area contributed by atoms with Crippen molar-refractivity contribution in [3.05, 3.63) is 64.8 Å². The van der Waals surface area contributed by atoms with E-state index in [4.69, 9.17) is 14.2 Å². The number of nitrogens with zero attached hydrogens (tertiary/aromatic N) is 2. The van der Waals surface area contributed by atoms with Gasteiger partial charge in [-0.3, -0.25) is 24.5 Å². The van der Waals surface area contributed by atoms with E-state index in [1.807, 2.05) is 30.3 Å². The lowest BCUT2D eigenvalue weighted by Gasteiger charge is -2.38. The van der Waals surface area contributed by atoms with Crippen LogP contribution in [0.5, 0.6) is 0 Å². The van der Waals surface area contributed by atoms with Crippen LogP contribution in [0.1, 0.15) is 41.0 Å². The van der Waals surface area contributed by atoms with Gasteiger partial charge in [0.15, 0.2) is 11.3 Å². The molecule has 2 aromatic rings. The number of hydrogen-bond donors (Lipinski definition) is 4. The maximum atomic E-state index is 13.9. The standard InChI is InChI=1S/C32H37N5O9S/c38-25(26(39)29-34-11-14-47-29)22(16-19-8-10-33-27(19)40)35-28(41)23(15-18-5-2-1-3-6-18)37-12-4-7-21(30(37)42)36-32(43)46-24-17-45-31-20(24)9-13-44-31/h1-6,11-12,14,19-24,28,31,35,41H,7-10,13,15-17H2,(H,33,40)(H,36,43)/t19-,20-,21?,22-,23-,24-,28?,31+/m0/s1. The number of aliphatic hydroxyl groups is 1. The monoisotopic (exact) mass is 667 g/mol. The summed E-state index contributed by atoms with van der Waals surface area (Å²) in [4.78, 5) is 71.0. The summed E-state index contributed by atoms with van der Waals surface area (Å²) in [5.74, 6) is -3.02. The first kappa shape index (κ1) is 32.9. The lowest BCUT2D eigenvalue weighted by Crippen LogP contribution is -2.60. The Labute approximate surface area is 274 Å². The summed E-state index contributed by atoms with van der Waals surface area (Å²) >= 11 is 1.02. The lowest BCUT2D eigenvalue weighted by molar-refractivity contribution is -0.136. The molecule has 14 nitrogen and oxygen atoms in total. The zero-order valence-electron chi connectivity index (χ0n) is 25.5. The van der Waals surface area contributed by atoms with Crippen LogP contribution < -0.4 is 16.0 Å². The normalized spacial score (nSPS) is 27.2. The molecule has 0 bridgehead atoms. The molecule has 0 spiro atoms. The molecule has 4 aliphatic heterocycles. The van der Waals surface area contributed by atoms with Crippen molar-refractivity contribution < 1.29 is 43.3 Å². The van der Waals surface area contributed by atoms with Crippen LogP contribution in [0.3, 0.4) is 0 Å². The quantitative estimate of drug-likeness (QED) is 0.135. The van der Waals surface area contributed by atoms with E-state index >= 15 is 0 Å². The fourth-order valence-electron chi connectivity index (χ4n) is 6.46. The summed E-state index contributed by atoms with van der Waals surface area (Å²) < 4.78 is 16.6. The number of carbonyl (C=O) groups excluding carboxylic acids is 5. The number of thiazole rings is 1. The van der Waals surface area contributed by atoms with Gasteiger partial charge in [0.2, 0.25) is 17.6 Å². The van der Waals surface area contributed by atoms with Gasteiger partial charge in [-0.2, -0.15) is 0 Å². The zero-order valence-corrected chi connectivity index (χ0v) is 26.3. The third-order valence-electron chi connectivity index (χ3n) is 8.96. The van der Waals surface area contributed by atoms with Crippen molar-refractivity contribution in [3.63, 3.8) is 0 Å². The minimum Gasteiger partial charge on any atom is -0.443 e. The van der Waals surface area contributed by atoms with Gasteiger partial charge in [-0.25, -0.2) is 9.78 Å². The van der Waals surface area contributed by atoms with Gasteiger partial charge in [0.1, 0.15) is 18.4 Å². The summed E-state index contributed by atoms with van der Waals surface area (Å²) in [7, 11) is 0. The number of Topliss-reactive ketones (excluding diaryl/α,β-unsaturated/α-hetero) is 2. The van der Waals surface area contributed by atoms with Crippen molar-refractivity contribution in [1.29, 1.82) is 0 Å². The van der Waals surface area contributed by atoms with Crippen molar-refractivity contribution in [2.24, 2.45) is 11.8 Å². The molecule has 4 aliphatic rings. The number of alkyl carbamates (subject to hydrolysis) is 1.